The number of rotatable bonds is 9. The Morgan fingerprint density at radius 1 is 0.727 bits per heavy atom. The van der Waals surface area contributed by atoms with E-state index in [1.165, 1.54) is 5.39 Å². The molecule has 0 amide bonds. The lowest BCUT2D eigenvalue weighted by Gasteiger charge is -2.13. The second-order valence-corrected chi connectivity index (χ2v) is 7.79. The van der Waals surface area contributed by atoms with Crippen LogP contribution in [0.1, 0.15) is 12.2 Å². The van der Waals surface area contributed by atoms with Crippen LogP contribution in [0.2, 0.25) is 0 Å². The van der Waals surface area contributed by atoms with Crippen LogP contribution in [0.3, 0.4) is 0 Å². The predicted octanol–water partition coefficient (Wildman–Crippen LogP) is 6.25. The summed E-state index contributed by atoms with van der Waals surface area (Å²) in [6.07, 6.45) is 0.852. The molecule has 0 saturated heterocycles. The fourth-order valence-electron chi connectivity index (χ4n) is 4.09. The number of aromatic nitrogens is 2. The SMILES string of the molecule is COc1ccccc1OCc1nc2ccccc2n1CCCOc1cccc2ccccc12. The lowest BCUT2D eigenvalue weighted by atomic mass is 10.1. The highest BCUT2D eigenvalue weighted by Gasteiger charge is 2.12. The summed E-state index contributed by atoms with van der Waals surface area (Å²) in [4.78, 5) is 4.82. The van der Waals surface area contributed by atoms with Gasteiger partial charge in [-0.15, -0.1) is 0 Å². The van der Waals surface area contributed by atoms with Gasteiger partial charge in [-0.05, 0) is 42.1 Å². The van der Waals surface area contributed by atoms with Crippen molar-refractivity contribution in [2.75, 3.05) is 13.7 Å². The summed E-state index contributed by atoms with van der Waals surface area (Å²) in [6, 6.07) is 30.3. The maximum atomic E-state index is 6.15. The third-order valence-corrected chi connectivity index (χ3v) is 5.69. The molecule has 166 valence electrons. The second-order valence-electron chi connectivity index (χ2n) is 7.79. The molecule has 0 aliphatic heterocycles. The smallest absolute Gasteiger partial charge is 0.161 e. The van der Waals surface area contributed by atoms with Crippen molar-refractivity contribution in [1.82, 2.24) is 9.55 Å². The highest BCUT2D eigenvalue weighted by molar-refractivity contribution is 5.88. The third-order valence-electron chi connectivity index (χ3n) is 5.69. The number of aryl methyl sites for hydroxylation is 1. The van der Waals surface area contributed by atoms with Crippen LogP contribution in [-0.4, -0.2) is 23.3 Å². The van der Waals surface area contributed by atoms with Crippen molar-refractivity contribution in [3.05, 3.63) is 96.8 Å². The van der Waals surface area contributed by atoms with Gasteiger partial charge in [-0.2, -0.15) is 0 Å². The van der Waals surface area contributed by atoms with E-state index >= 15 is 0 Å². The van der Waals surface area contributed by atoms with Crippen LogP contribution in [0.25, 0.3) is 21.8 Å². The number of fused-ring (bicyclic) bond motifs is 2. The zero-order valence-electron chi connectivity index (χ0n) is 18.6. The molecule has 5 nitrogen and oxygen atoms in total. The van der Waals surface area contributed by atoms with Crippen molar-refractivity contribution in [2.45, 2.75) is 19.6 Å². The first kappa shape index (κ1) is 20.9. The Hall–Kier alpha value is -3.99. The molecule has 5 heteroatoms. The van der Waals surface area contributed by atoms with Gasteiger partial charge in [-0.3, -0.25) is 0 Å². The highest BCUT2D eigenvalue weighted by Crippen LogP contribution is 2.28. The van der Waals surface area contributed by atoms with Crippen molar-refractivity contribution in [3.63, 3.8) is 0 Å². The number of imidazole rings is 1. The Balaban J connectivity index is 1.30. The molecule has 0 radical (unpaired) electrons. The van der Waals surface area contributed by atoms with Gasteiger partial charge in [0.1, 0.15) is 18.2 Å². The van der Waals surface area contributed by atoms with E-state index in [-0.39, 0.29) is 0 Å². The van der Waals surface area contributed by atoms with Crippen molar-refractivity contribution in [2.24, 2.45) is 0 Å². The first-order chi connectivity index (χ1) is 16.3. The van der Waals surface area contributed by atoms with E-state index in [4.69, 9.17) is 19.2 Å². The minimum absolute atomic E-state index is 0.360. The van der Waals surface area contributed by atoms with Crippen LogP contribution < -0.4 is 14.2 Å². The molecule has 1 heterocycles. The first-order valence-corrected chi connectivity index (χ1v) is 11.1. The summed E-state index contributed by atoms with van der Waals surface area (Å²) in [5, 5.41) is 2.32. The molecule has 0 aliphatic carbocycles. The van der Waals surface area contributed by atoms with Gasteiger partial charge in [0, 0.05) is 11.9 Å². The number of nitrogens with zero attached hydrogens (tertiary/aromatic N) is 2. The zero-order chi connectivity index (χ0) is 22.5. The maximum absolute atomic E-state index is 6.15. The Bertz CT molecular complexity index is 1370. The Morgan fingerprint density at radius 3 is 2.36 bits per heavy atom. The number of hydrogen-bond donors (Lipinski definition) is 0. The molecule has 0 atom stereocenters. The van der Waals surface area contributed by atoms with Crippen molar-refractivity contribution in [3.8, 4) is 17.2 Å². The molecule has 0 saturated carbocycles. The largest absolute Gasteiger partial charge is 0.493 e. The van der Waals surface area contributed by atoms with E-state index in [9.17, 15) is 0 Å². The van der Waals surface area contributed by atoms with Gasteiger partial charge < -0.3 is 18.8 Å². The molecule has 1 aromatic heterocycles. The lowest BCUT2D eigenvalue weighted by Crippen LogP contribution is -2.10. The number of benzene rings is 4. The molecular formula is C28H26N2O3. The van der Waals surface area contributed by atoms with Crippen molar-refractivity contribution < 1.29 is 14.2 Å². The fourth-order valence-corrected chi connectivity index (χ4v) is 4.09. The fraction of sp³-hybridized carbons (Fsp3) is 0.179. The van der Waals surface area contributed by atoms with Crippen molar-refractivity contribution in [1.29, 1.82) is 0 Å². The number of hydrogen-bond acceptors (Lipinski definition) is 4. The summed E-state index contributed by atoms with van der Waals surface area (Å²) >= 11 is 0. The molecular weight excluding hydrogens is 412 g/mol. The second kappa shape index (κ2) is 9.65. The molecule has 0 fully saturated rings. The predicted molar refractivity (Wildman–Crippen MR) is 131 cm³/mol. The van der Waals surface area contributed by atoms with Gasteiger partial charge in [-0.1, -0.05) is 60.7 Å². The molecule has 0 N–H and O–H groups in total. The summed E-state index contributed by atoms with van der Waals surface area (Å²) in [5.74, 6) is 3.22. The van der Waals surface area contributed by atoms with E-state index in [0.717, 1.165) is 41.0 Å². The maximum Gasteiger partial charge on any atom is 0.161 e. The van der Waals surface area contributed by atoms with Crippen LogP contribution in [-0.2, 0) is 13.2 Å². The zero-order valence-corrected chi connectivity index (χ0v) is 18.6. The van der Waals surface area contributed by atoms with E-state index < -0.39 is 0 Å². The lowest BCUT2D eigenvalue weighted by molar-refractivity contribution is 0.267. The first-order valence-electron chi connectivity index (χ1n) is 11.1. The van der Waals surface area contributed by atoms with E-state index in [1.54, 1.807) is 7.11 Å². The van der Waals surface area contributed by atoms with Gasteiger partial charge in [-0.25, -0.2) is 4.98 Å². The van der Waals surface area contributed by atoms with E-state index in [0.29, 0.717) is 24.7 Å². The summed E-state index contributed by atoms with van der Waals surface area (Å²) in [7, 11) is 1.65. The molecule has 4 aromatic carbocycles. The van der Waals surface area contributed by atoms with Crippen LogP contribution in [0, 0.1) is 0 Å². The average Bonchev–Trinajstić information content (AvgIpc) is 3.23. The van der Waals surface area contributed by atoms with Gasteiger partial charge in [0.2, 0.25) is 0 Å². The Kier molecular flexibility index (Phi) is 6.11. The topological polar surface area (TPSA) is 45.5 Å². The minimum Gasteiger partial charge on any atom is -0.493 e. The summed E-state index contributed by atoms with van der Waals surface area (Å²) in [6.45, 7) is 1.77. The average molecular weight is 439 g/mol. The molecule has 33 heavy (non-hydrogen) atoms. The van der Waals surface area contributed by atoms with Crippen molar-refractivity contribution >= 4 is 21.8 Å². The van der Waals surface area contributed by atoms with Gasteiger partial charge in [0.15, 0.2) is 11.5 Å². The molecule has 0 spiro atoms. The van der Waals surface area contributed by atoms with Gasteiger partial charge in [0.05, 0.1) is 24.8 Å². The normalized spacial score (nSPS) is 11.1. The summed E-state index contributed by atoms with van der Waals surface area (Å²) < 4.78 is 19.8. The Labute approximate surface area is 193 Å². The molecule has 0 unspecified atom stereocenters. The van der Waals surface area contributed by atoms with Crippen LogP contribution in [0.15, 0.2) is 91.0 Å². The van der Waals surface area contributed by atoms with Gasteiger partial charge >= 0.3 is 0 Å². The molecule has 5 rings (SSSR count). The quantitative estimate of drug-likeness (QED) is 0.255. The van der Waals surface area contributed by atoms with Gasteiger partial charge in [0.25, 0.3) is 0 Å². The van der Waals surface area contributed by atoms with Crippen LogP contribution in [0.5, 0.6) is 17.2 Å². The van der Waals surface area contributed by atoms with E-state index in [1.807, 2.05) is 66.7 Å². The molecule has 0 aliphatic rings. The van der Waals surface area contributed by atoms with Crippen LogP contribution in [0.4, 0.5) is 0 Å². The standard InChI is InChI=1S/C28H26N2O3/c1-31-26-15-6-7-16-27(26)33-20-28-29-23-13-4-5-14-24(23)30(28)18-9-19-32-25-17-8-11-21-10-2-3-12-22(21)25/h2-8,10-17H,9,18-20H2,1H3. The number of methoxy groups -OCH3 is 1. The van der Waals surface area contributed by atoms with E-state index in [2.05, 4.69) is 28.8 Å². The number of ether oxygens (including phenoxy) is 3. The molecule has 0 bridgehead atoms. The minimum atomic E-state index is 0.360. The monoisotopic (exact) mass is 438 g/mol. The number of para-hydroxylation sites is 4. The molecule has 5 aromatic rings. The highest BCUT2D eigenvalue weighted by atomic mass is 16.5. The third kappa shape index (κ3) is 4.48. The Morgan fingerprint density at radius 2 is 1.45 bits per heavy atom. The van der Waals surface area contributed by atoms with Crippen LogP contribution >= 0.6 is 0 Å². The summed E-state index contributed by atoms with van der Waals surface area (Å²) in [5.41, 5.74) is 2.06.